The second-order valence-electron chi connectivity index (χ2n) is 4.45. The van der Waals surface area contributed by atoms with E-state index in [9.17, 15) is 4.39 Å². The summed E-state index contributed by atoms with van der Waals surface area (Å²) in [6, 6.07) is 10.1. The lowest BCUT2D eigenvalue weighted by atomic mass is 10.1. The van der Waals surface area contributed by atoms with E-state index in [1.54, 1.807) is 6.07 Å². The molecule has 0 aliphatic carbocycles. The molecule has 0 aliphatic rings. The minimum atomic E-state index is -0.381. The molecule has 0 atom stereocenters. The molecule has 0 radical (unpaired) electrons. The molecular formula is C15H14ClFN2S. The van der Waals surface area contributed by atoms with E-state index in [1.165, 1.54) is 17.7 Å². The van der Waals surface area contributed by atoms with Crippen LogP contribution in [0.5, 0.6) is 0 Å². The van der Waals surface area contributed by atoms with Crippen molar-refractivity contribution in [1.29, 1.82) is 0 Å². The van der Waals surface area contributed by atoms with E-state index in [-0.39, 0.29) is 10.8 Å². The molecule has 0 heterocycles. The van der Waals surface area contributed by atoms with E-state index in [0.29, 0.717) is 10.8 Å². The van der Waals surface area contributed by atoms with E-state index in [1.807, 2.05) is 32.0 Å². The molecule has 0 aliphatic heterocycles. The van der Waals surface area contributed by atoms with Crippen LogP contribution in [0.1, 0.15) is 11.1 Å². The van der Waals surface area contributed by atoms with Gasteiger partial charge in [0, 0.05) is 5.69 Å². The van der Waals surface area contributed by atoms with Crippen LogP contribution in [0.25, 0.3) is 0 Å². The van der Waals surface area contributed by atoms with Crippen molar-refractivity contribution < 1.29 is 4.39 Å². The van der Waals surface area contributed by atoms with E-state index in [0.717, 1.165) is 11.3 Å². The van der Waals surface area contributed by atoms with Gasteiger partial charge >= 0.3 is 0 Å². The van der Waals surface area contributed by atoms with Crippen LogP contribution >= 0.6 is 23.8 Å². The van der Waals surface area contributed by atoms with Gasteiger partial charge in [-0.1, -0.05) is 23.7 Å². The van der Waals surface area contributed by atoms with Crippen molar-refractivity contribution in [1.82, 2.24) is 0 Å². The maximum Gasteiger partial charge on any atom is 0.175 e. The van der Waals surface area contributed by atoms with E-state index in [2.05, 4.69) is 10.6 Å². The number of aryl methyl sites for hydroxylation is 1. The minimum Gasteiger partial charge on any atom is -0.332 e. The highest BCUT2D eigenvalue weighted by atomic mass is 35.5. The second kappa shape index (κ2) is 6.20. The first-order chi connectivity index (χ1) is 9.47. The van der Waals surface area contributed by atoms with Gasteiger partial charge in [-0.15, -0.1) is 0 Å². The third-order valence-corrected chi connectivity index (χ3v) is 3.55. The molecule has 2 aromatic carbocycles. The topological polar surface area (TPSA) is 24.1 Å². The Bertz CT molecular complexity index is 658. The first-order valence-corrected chi connectivity index (χ1v) is 6.85. The Morgan fingerprint density at radius 1 is 1.10 bits per heavy atom. The highest BCUT2D eigenvalue weighted by Gasteiger charge is 2.06. The lowest BCUT2D eigenvalue weighted by Crippen LogP contribution is -2.20. The van der Waals surface area contributed by atoms with Crippen molar-refractivity contribution in [2.45, 2.75) is 13.8 Å². The van der Waals surface area contributed by atoms with Crippen LogP contribution in [0, 0.1) is 19.7 Å². The first-order valence-electron chi connectivity index (χ1n) is 6.06. The summed E-state index contributed by atoms with van der Waals surface area (Å²) in [7, 11) is 0. The molecule has 0 saturated carbocycles. The zero-order chi connectivity index (χ0) is 14.7. The van der Waals surface area contributed by atoms with Gasteiger partial charge < -0.3 is 10.6 Å². The lowest BCUT2D eigenvalue weighted by molar-refractivity contribution is 0.628. The lowest BCUT2D eigenvalue weighted by Gasteiger charge is -2.14. The summed E-state index contributed by atoms with van der Waals surface area (Å²) in [4.78, 5) is 0. The average Bonchev–Trinajstić information content (AvgIpc) is 2.38. The molecule has 0 aromatic heterocycles. The van der Waals surface area contributed by atoms with Crippen LogP contribution < -0.4 is 10.6 Å². The zero-order valence-electron chi connectivity index (χ0n) is 11.1. The Morgan fingerprint density at radius 3 is 2.50 bits per heavy atom. The van der Waals surface area contributed by atoms with Crippen LogP contribution in [0.4, 0.5) is 15.8 Å². The molecule has 0 unspecified atom stereocenters. The van der Waals surface area contributed by atoms with Gasteiger partial charge in [0.05, 0.1) is 10.7 Å². The molecule has 5 heteroatoms. The molecule has 0 amide bonds. The largest absolute Gasteiger partial charge is 0.332 e. The van der Waals surface area contributed by atoms with Gasteiger partial charge in [0.2, 0.25) is 0 Å². The number of nitrogens with one attached hydrogen (secondary N) is 2. The summed E-state index contributed by atoms with van der Waals surface area (Å²) in [5, 5.41) is 6.76. The Morgan fingerprint density at radius 2 is 1.80 bits per heavy atom. The minimum absolute atomic E-state index is 0.287. The fourth-order valence-electron chi connectivity index (χ4n) is 1.75. The van der Waals surface area contributed by atoms with Crippen LogP contribution in [0.15, 0.2) is 36.4 Å². The molecule has 104 valence electrons. The molecule has 0 saturated heterocycles. The fourth-order valence-corrected chi connectivity index (χ4v) is 2.19. The second-order valence-corrected chi connectivity index (χ2v) is 5.27. The standard InChI is InChI=1S/C15H14ClFN2S/c1-9-4-3-5-13(10(9)2)18-15(20)19-14-7-6-11(17)8-12(14)16/h3-8H,1-2H3,(H2,18,19,20). The van der Waals surface area contributed by atoms with Crippen LogP contribution in [-0.2, 0) is 0 Å². The fraction of sp³-hybridized carbons (Fsp3) is 0.133. The molecule has 0 bridgehead atoms. The molecule has 2 nitrogen and oxygen atoms in total. The van der Waals surface area contributed by atoms with Crippen molar-refractivity contribution in [3.05, 3.63) is 58.4 Å². The Labute approximate surface area is 128 Å². The van der Waals surface area contributed by atoms with E-state index < -0.39 is 0 Å². The quantitative estimate of drug-likeness (QED) is 0.771. The van der Waals surface area contributed by atoms with E-state index >= 15 is 0 Å². The van der Waals surface area contributed by atoms with Crippen LogP contribution in [-0.4, -0.2) is 5.11 Å². The number of rotatable bonds is 2. The normalized spacial score (nSPS) is 10.2. The predicted octanol–water partition coefficient (Wildman–Crippen LogP) is 4.90. The van der Waals surface area contributed by atoms with Crippen LogP contribution in [0.2, 0.25) is 5.02 Å². The maximum absolute atomic E-state index is 13.0. The van der Waals surface area contributed by atoms with Gasteiger partial charge in [-0.05, 0) is 61.5 Å². The Balaban J connectivity index is 2.11. The molecule has 0 fully saturated rings. The summed E-state index contributed by atoms with van der Waals surface area (Å²) in [6.45, 7) is 4.05. The molecule has 2 N–H and O–H groups in total. The number of thiocarbonyl (C=S) groups is 1. The SMILES string of the molecule is Cc1cccc(NC(=S)Nc2ccc(F)cc2Cl)c1C. The molecule has 20 heavy (non-hydrogen) atoms. The molecule has 2 rings (SSSR count). The van der Waals surface area contributed by atoms with Gasteiger partial charge in [-0.25, -0.2) is 4.39 Å². The molecule has 0 spiro atoms. The summed E-state index contributed by atoms with van der Waals surface area (Å²) in [6.07, 6.45) is 0. The van der Waals surface area contributed by atoms with Crippen molar-refractivity contribution in [2.24, 2.45) is 0 Å². The third kappa shape index (κ3) is 3.46. The number of halogens is 2. The van der Waals surface area contributed by atoms with Crippen molar-refractivity contribution in [3.63, 3.8) is 0 Å². The maximum atomic E-state index is 13.0. The molecule has 2 aromatic rings. The highest BCUT2D eigenvalue weighted by Crippen LogP contribution is 2.23. The van der Waals surface area contributed by atoms with E-state index in [4.69, 9.17) is 23.8 Å². The smallest absolute Gasteiger partial charge is 0.175 e. The van der Waals surface area contributed by atoms with Gasteiger partial charge in [0.1, 0.15) is 5.82 Å². The van der Waals surface area contributed by atoms with Gasteiger partial charge in [0.15, 0.2) is 5.11 Å². The Hall–Kier alpha value is -1.65. The average molecular weight is 309 g/mol. The number of anilines is 2. The third-order valence-electron chi connectivity index (χ3n) is 3.03. The highest BCUT2D eigenvalue weighted by molar-refractivity contribution is 7.80. The van der Waals surface area contributed by atoms with Crippen molar-refractivity contribution in [3.8, 4) is 0 Å². The summed E-state index contributed by atoms with van der Waals surface area (Å²) >= 11 is 11.2. The number of benzene rings is 2. The van der Waals surface area contributed by atoms with Gasteiger partial charge in [-0.3, -0.25) is 0 Å². The van der Waals surface area contributed by atoms with Crippen molar-refractivity contribution in [2.75, 3.05) is 10.6 Å². The zero-order valence-corrected chi connectivity index (χ0v) is 12.7. The number of hydrogen-bond acceptors (Lipinski definition) is 1. The summed E-state index contributed by atoms with van der Waals surface area (Å²) in [5.41, 5.74) is 3.80. The summed E-state index contributed by atoms with van der Waals surface area (Å²) in [5.74, 6) is -0.381. The van der Waals surface area contributed by atoms with Crippen molar-refractivity contribution >= 4 is 40.3 Å². The van der Waals surface area contributed by atoms with Crippen LogP contribution in [0.3, 0.4) is 0 Å². The summed E-state index contributed by atoms with van der Waals surface area (Å²) < 4.78 is 13.0. The number of hydrogen-bond donors (Lipinski definition) is 2. The monoisotopic (exact) mass is 308 g/mol. The first kappa shape index (κ1) is 14.8. The van der Waals surface area contributed by atoms with Gasteiger partial charge in [0.25, 0.3) is 0 Å². The predicted molar refractivity (Wildman–Crippen MR) is 87.2 cm³/mol. The molecular weight excluding hydrogens is 295 g/mol. The van der Waals surface area contributed by atoms with Gasteiger partial charge in [-0.2, -0.15) is 0 Å². The Kier molecular flexibility index (Phi) is 4.57.